The van der Waals surface area contributed by atoms with Crippen LogP contribution in [0.5, 0.6) is 0 Å². The Morgan fingerprint density at radius 1 is 1.12 bits per heavy atom. The normalized spacial score (nSPS) is 11.4. The summed E-state index contributed by atoms with van der Waals surface area (Å²) in [5.41, 5.74) is 5.90. The second-order valence-corrected chi connectivity index (χ2v) is 5.97. The summed E-state index contributed by atoms with van der Waals surface area (Å²) in [6.07, 6.45) is -1.60. The Bertz CT molecular complexity index is 1000. The van der Waals surface area contributed by atoms with E-state index >= 15 is 0 Å². The number of hydrogen-bond donors (Lipinski definition) is 1. The van der Waals surface area contributed by atoms with E-state index in [-0.39, 0.29) is 27.2 Å². The smallest absolute Gasteiger partial charge is 0.383 e. The van der Waals surface area contributed by atoms with Gasteiger partial charge in [-0.15, -0.1) is 0 Å². The molecule has 0 atom stereocenters. The molecule has 0 saturated carbocycles. The standard InChI is InChI=1S/C16H8Cl2F3N5/c17-10-5-9(16(19,20)21)6-11(18)14(10)26-15(23)13(12(7-22)25-26)8-1-3-24-4-2-8/h1-6H,23H2. The number of anilines is 1. The zero-order valence-corrected chi connectivity index (χ0v) is 14.2. The lowest BCUT2D eigenvalue weighted by atomic mass is 10.1. The molecule has 0 bridgehead atoms. The molecule has 0 aliphatic rings. The number of pyridine rings is 1. The highest BCUT2D eigenvalue weighted by Crippen LogP contribution is 2.40. The number of alkyl halides is 3. The van der Waals surface area contributed by atoms with Gasteiger partial charge < -0.3 is 5.73 Å². The molecule has 0 aliphatic carbocycles. The SMILES string of the molecule is N#Cc1nn(-c2c(Cl)cc(C(F)(F)F)cc2Cl)c(N)c1-c1ccncc1. The van der Waals surface area contributed by atoms with Gasteiger partial charge in [0.05, 0.1) is 21.2 Å². The highest BCUT2D eigenvalue weighted by atomic mass is 35.5. The molecule has 0 spiro atoms. The van der Waals surface area contributed by atoms with E-state index in [0.717, 1.165) is 16.8 Å². The summed E-state index contributed by atoms with van der Waals surface area (Å²) in [5.74, 6) is 0.0105. The first kappa shape index (κ1) is 18.0. The molecule has 3 rings (SSSR count). The van der Waals surface area contributed by atoms with Gasteiger partial charge in [0.25, 0.3) is 0 Å². The summed E-state index contributed by atoms with van der Waals surface area (Å²) in [6.45, 7) is 0. The van der Waals surface area contributed by atoms with E-state index in [1.165, 1.54) is 12.4 Å². The molecule has 0 saturated heterocycles. The fraction of sp³-hybridized carbons (Fsp3) is 0.0625. The first-order valence-electron chi connectivity index (χ1n) is 6.99. The minimum absolute atomic E-state index is 0.0105. The van der Waals surface area contributed by atoms with Crippen LogP contribution in [0.1, 0.15) is 11.3 Å². The predicted octanol–water partition coefficient (Wildman–Crippen LogP) is 4.71. The van der Waals surface area contributed by atoms with Crippen LogP contribution >= 0.6 is 23.2 Å². The third kappa shape index (κ3) is 3.07. The van der Waals surface area contributed by atoms with Gasteiger partial charge in [-0.3, -0.25) is 4.98 Å². The Labute approximate surface area is 155 Å². The molecule has 0 fully saturated rings. The van der Waals surface area contributed by atoms with E-state index in [0.29, 0.717) is 11.1 Å². The van der Waals surface area contributed by atoms with Crippen molar-refractivity contribution in [1.29, 1.82) is 5.26 Å². The Hall–Kier alpha value is -2.76. The summed E-state index contributed by atoms with van der Waals surface area (Å²) in [6, 6.07) is 6.59. The quantitative estimate of drug-likeness (QED) is 0.678. The highest BCUT2D eigenvalue weighted by Gasteiger charge is 2.33. The summed E-state index contributed by atoms with van der Waals surface area (Å²) in [4.78, 5) is 3.88. The lowest BCUT2D eigenvalue weighted by Crippen LogP contribution is -2.08. The average Bonchev–Trinajstić information content (AvgIpc) is 2.91. The van der Waals surface area contributed by atoms with Crippen LogP contribution in [0.3, 0.4) is 0 Å². The van der Waals surface area contributed by atoms with Crippen LogP contribution in [0.2, 0.25) is 10.0 Å². The Balaban J connectivity index is 2.24. The first-order valence-corrected chi connectivity index (χ1v) is 7.75. The number of nitrogens with zero attached hydrogens (tertiary/aromatic N) is 4. The number of benzene rings is 1. The minimum Gasteiger partial charge on any atom is -0.383 e. The highest BCUT2D eigenvalue weighted by molar-refractivity contribution is 6.38. The first-order chi connectivity index (χ1) is 12.2. The molecule has 0 aliphatic heterocycles. The van der Waals surface area contributed by atoms with Crippen molar-refractivity contribution in [2.24, 2.45) is 0 Å². The van der Waals surface area contributed by atoms with Gasteiger partial charge in [-0.2, -0.15) is 23.5 Å². The number of halogens is 5. The third-order valence-electron chi connectivity index (χ3n) is 3.55. The van der Waals surface area contributed by atoms with Crippen molar-refractivity contribution >= 4 is 29.0 Å². The number of nitriles is 1. The fourth-order valence-corrected chi connectivity index (χ4v) is 3.06. The minimum atomic E-state index is -4.61. The molecule has 132 valence electrons. The number of hydrogen-bond acceptors (Lipinski definition) is 4. The molecule has 2 N–H and O–H groups in total. The topological polar surface area (TPSA) is 80.5 Å². The Kier molecular flexibility index (Phi) is 4.52. The lowest BCUT2D eigenvalue weighted by molar-refractivity contribution is -0.137. The maximum absolute atomic E-state index is 12.9. The molecule has 2 heterocycles. The number of nitrogen functional groups attached to an aromatic ring is 1. The van der Waals surface area contributed by atoms with Gasteiger partial charge in [0.2, 0.25) is 0 Å². The van der Waals surface area contributed by atoms with Crippen LogP contribution in [0.4, 0.5) is 19.0 Å². The molecule has 0 amide bonds. The fourth-order valence-electron chi connectivity index (χ4n) is 2.41. The van der Waals surface area contributed by atoms with Gasteiger partial charge in [0.15, 0.2) is 5.69 Å². The van der Waals surface area contributed by atoms with Crippen molar-refractivity contribution in [3.05, 3.63) is 58.0 Å². The molecule has 1 aromatic carbocycles. The molecule has 2 aromatic heterocycles. The summed E-state index contributed by atoms with van der Waals surface area (Å²) in [7, 11) is 0. The van der Waals surface area contributed by atoms with Gasteiger partial charge in [0, 0.05) is 12.4 Å². The Morgan fingerprint density at radius 3 is 2.19 bits per heavy atom. The van der Waals surface area contributed by atoms with Crippen molar-refractivity contribution in [1.82, 2.24) is 14.8 Å². The number of aromatic nitrogens is 3. The average molecular weight is 398 g/mol. The summed E-state index contributed by atoms with van der Waals surface area (Å²) >= 11 is 12.0. The van der Waals surface area contributed by atoms with Crippen molar-refractivity contribution in [3.63, 3.8) is 0 Å². The van der Waals surface area contributed by atoms with Crippen LogP contribution < -0.4 is 5.73 Å². The number of nitrogens with two attached hydrogens (primary N) is 1. The molecule has 10 heteroatoms. The molecular formula is C16H8Cl2F3N5. The molecular weight excluding hydrogens is 390 g/mol. The van der Waals surface area contributed by atoms with E-state index in [2.05, 4.69) is 10.1 Å². The van der Waals surface area contributed by atoms with Crippen LogP contribution in [0.25, 0.3) is 16.8 Å². The van der Waals surface area contributed by atoms with Crippen LogP contribution in [0, 0.1) is 11.3 Å². The van der Waals surface area contributed by atoms with Gasteiger partial charge in [-0.05, 0) is 29.8 Å². The summed E-state index contributed by atoms with van der Waals surface area (Å²) in [5, 5.41) is 12.8. The maximum atomic E-state index is 12.9. The predicted molar refractivity (Wildman–Crippen MR) is 90.9 cm³/mol. The van der Waals surface area contributed by atoms with Crippen molar-refractivity contribution < 1.29 is 13.2 Å². The van der Waals surface area contributed by atoms with E-state index < -0.39 is 11.7 Å². The van der Waals surface area contributed by atoms with E-state index in [1.54, 1.807) is 12.1 Å². The zero-order chi connectivity index (χ0) is 19.1. The third-order valence-corrected chi connectivity index (χ3v) is 4.13. The molecule has 0 radical (unpaired) electrons. The van der Waals surface area contributed by atoms with Crippen LogP contribution in [0.15, 0.2) is 36.7 Å². The van der Waals surface area contributed by atoms with E-state index in [4.69, 9.17) is 28.9 Å². The van der Waals surface area contributed by atoms with Gasteiger partial charge in [0.1, 0.15) is 17.6 Å². The van der Waals surface area contributed by atoms with Gasteiger partial charge in [-0.1, -0.05) is 23.2 Å². The van der Waals surface area contributed by atoms with Crippen molar-refractivity contribution in [2.45, 2.75) is 6.18 Å². The second kappa shape index (κ2) is 6.52. The van der Waals surface area contributed by atoms with Crippen molar-refractivity contribution in [2.75, 3.05) is 5.73 Å². The van der Waals surface area contributed by atoms with Crippen LogP contribution in [-0.2, 0) is 6.18 Å². The van der Waals surface area contributed by atoms with Gasteiger partial charge >= 0.3 is 6.18 Å². The monoisotopic (exact) mass is 397 g/mol. The molecule has 26 heavy (non-hydrogen) atoms. The lowest BCUT2D eigenvalue weighted by Gasteiger charge is -2.13. The van der Waals surface area contributed by atoms with E-state index in [9.17, 15) is 18.4 Å². The van der Waals surface area contributed by atoms with Gasteiger partial charge in [-0.25, -0.2) is 4.68 Å². The molecule has 0 unspecified atom stereocenters. The Morgan fingerprint density at radius 2 is 1.69 bits per heavy atom. The molecule has 5 nitrogen and oxygen atoms in total. The second-order valence-electron chi connectivity index (χ2n) is 5.15. The largest absolute Gasteiger partial charge is 0.416 e. The van der Waals surface area contributed by atoms with E-state index in [1.807, 2.05) is 6.07 Å². The maximum Gasteiger partial charge on any atom is 0.416 e. The van der Waals surface area contributed by atoms with Crippen molar-refractivity contribution in [3.8, 4) is 22.9 Å². The summed E-state index contributed by atoms with van der Waals surface area (Å²) < 4.78 is 39.7. The molecule has 3 aromatic rings. The number of rotatable bonds is 2. The van der Waals surface area contributed by atoms with Crippen LogP contribution in [-0.4, -0.2) is 14.8 Å². The zero-order valence-electron chi connectivity index (χ0n) is 12.7.